The van der Waals surface area contributed by atoms with Gasteiger partial charge in [-0.1, -0.05) is 0 Å². The van der Waals surface area contributed by atoms with E-state index in [0.29, 0.717) is 18.5 Å². The maximum absolute atomic E-state index is 5.82. The van der Waals surface area contributed by atoms with Crippen LogP contribution in [-0.2, 0) is 4.74 Å². The maximum Gasteiger partial charge on any atom is 0.231 e. The third-order valence-electron chi connectivity index (χ3n) is 3.98. The average Bonchev–Trinajstić information content (AvgIpc) is 3.13. The van der Waals surface area contributed by atoms with Crippen molar-refractivity contribution in [3.8, 4) is 0 Å². The first-order valence-corrected chi connectivity index (χ1v) is 7.78. The van der Waals surface area contributed by atoms with Gasteiger partial charge >= 0.3 is 0 Å². The molecule has 1 aliphatic carbocycles. The Balaban J connectivity index is 1.57. The van der Waals surface area contributed by atoms with Crippen molar-refractivity contribution < 1.29 is 4.74 Å². The number of aromatic nitrogens is 3. The fourth-order valence-corrected chi connectivity index (χ4v) is 2.43. The number of ether oxygens (including phenoxy) is 1. The molecule has 0 unspecified atom stereocenters. The number of nitrogens with zero attached hydrogens (tertiary/aromatic N) is 5. The van der Waals surface area contributed by atoms with Gasteiger partial charge in [0.25, 0.3) is 0 Å². The summed E-state index contributed by atoms with van der Waals surface area (Å²) in [7, 11) is 1.96. The zero-order valence-corrected chi connectivity index (χ0v) is 12.7. The zero-order valence-electron chi connectivity index (χ0n) is 12.7. The summed E-state index contributed by atoms with van der Waals surface area (Å²) in [6.07, 6.45) is 5.01. The Morgan fingerprint density at radius 1 is 1.24 bits per heavy atom. The van der Waals surface area contributed by atoms with Crippen molar-refractivity contribution in [1.29, 1.82) is 0 Å². The van der Waals surface area contributed by atoms with Crippen molar-refractivity contribution in [1.82, 2.24) is 15.0 Å². The lowest BCUT2D eigenvalue weighted by Gasteiger charge is -2.20. The van der Waals surface area contributed by atoms with Crippen LogP contribution < -0.4 is 15.5 Å². The van der Waals surface area contributed by atoms with Gasteiger partial charge in [-0.2, -0.15) is 15.0 Å². The predicted octanol–water partition coefficient (Wildman–Crippen LogP) is 0.917. The molecule has 7 nitrogen and oxygen atoms in total. The highest BCUT2D eigenvalue weighted by Crippen LogP contribution is 2.28. The molecule has 7 heteroatoms. The minimum atomic E-state index is 0.285. The number of nitrogens with two attached hydrogens (primary N) is 1. The SMILES string of the molecule is CN(CCOCC1CC1)c1nc(N)nc(N2CCCC2)n1. The number of nitrogen functional groups attached to an aromatic ring is 1. The fraction of sp³-hybridized carbons (Fsp3) is 0.786. The molecule has 0 bridgehead atoms. The minimum absolute atomic E-state index is 0.285. The van der Waals surface area contributed by atoms with Gasteiger partial charge in [-0.15, -0.1) is 0 Å². The second-order valence-electron chi connectivity index (χ2n) is 5.93. The van der Waals surface area contributed by atoms with Crippen molar-refractivity contribution in [2.24, 2.45) is 5.92 Å². The zero-order chi connectivity index (χ0) is 14.7. The Morgan fingerprint density at radius 3 is 2.71 bits per heavy atom. The number of hydrogen-bond donors (Lipinski definition) is 1. The molecule has 0 spiro atoms. The van der Waals surface area contributed by atoms with E-state index in [-0.39, 0.29) is 5.95 Å². The van der Waals surface area contributed by atoms with Gasteiger partial charge in [-0.3, -0.25) is 0 Å². The van der Waals surface area contributed by atoms with Crippen LogP contribution in [0, 0.1) is 5.92 Å². The van der Waals surface area contributed by atoms with E-state index < -0.39 is 0 Å². The van der Waals surface area contributed by atoms with Gasteiger partial charge in [0.1, 0.15) is 0 Å². The number of anilines is 3. The highest BCUT2D eigenvalue weighted by atomic mass is 16.5. The second-order valence-corrected chi connectivity index (χ2v) is 5.93. The van der Waals surface area contributed by atoms with E-state index in [9.17, 15) is 0 Å². The highest BCUT2D eigenvalue weighted by molar-refractivity contribution is 5.43. The van der Waals surface area contributed by atoms with E-state index in [2.05, 4.69) is 19.9 Å². The number of rotatable bonds is 7. The molecule has 2 heterocycles. The Hall–Kier alpha value is -1.63. The largest absolute Gasteiger partial charge is 0.379 e. The smallest absolute Gasteiger partial charge is 0.231 e. The molecule has 1 aromatic heterocycles. The van der Waals surface area contributed by atoms with E-state index in [4.69, 9.17) is 10.5 Å². The molecule has 0 radical (unpaired) electrons. The summed E-state index contributed by atoms with van der Waals surface area (Å²) in [6, 6.07) is 0. The third kappa shape index (κ3) is 3.93. The average molecular weight is 292 g/mol. The van der Waals surface area contributed by atoms with E-state index in [0.717, 1.165) is 32.2 Å². The number of likely N-dealkylation sites (N-methyl/N-ethyl adjacent to an activating group) is 1. The minimum Gasteiger partial charge on any atom is -0.379 e. The van der Waals surface area contributed by atoms with Gasteiger partial charge in [-0.25, -0.2) is 0 Å². The van der Waals surface area contributed by atoms with Crippen molar-refractivity contribution >= 4 is 17.8 Å². The van der Waals surface area contributed by atoms with Gasteiger partial charge in [0, 0.05) is 33.3 Å². The molecule has 1 saturated heterocycles. The van der Waals surface area contributed by atoms with Crippen molar-refractivity contribution in [2.75, 3.05) is 55.4 Å². The molecular weight excluding hydrogens is 268 g/mol. The fourth-order valence-electron chi connectivity index (χ4n) is 2.43. The van der Waals surface area contributed by atoms with Crippen LogP contribution in [0.1, 0.15) is 25.7 Å². The van der Waals surface area contributed by atoms with Gasteiger partial charge in [0.2, 0.25) is 17.8 Å². The summed E-state index contributed by atoms with van der Waals surface area (Å²) in [4.78, 5) is 17.2. The lowest BCUT2D eigenvalue weighted by Crippen LogP contribution is -2.28. The van der Waals surface area contributed by atoms with E-state index >= 15 is 0 Å². The van der Waals surface area contributed by atoms with Crippen molar-refractivity contribution in [3.63, 3.8) is 0 Å². The lowest BCUT2D eigenvalue weighted by molar-refractivity contribution is 0.130. The Morgan fingerprint density at radius 2 is 2.00 bits per heavy atom. The molecule has 2 aliphatic rings. The summed E-state index contributed by atoms with van der Waals surface area (Å²) in [5.41, 5.74) is 5.82. The summed E-state index contributed by atoms with van der Waals surface area (Å²) >= 11 is 0. The molecule has 0 aromatic carbocycles. The molecule has 2 fully saturated rings. The van der Waals surface area contributed by atoms with Crippen LogP contribution in [0.4, 0.5) is 17.8 Å². The summed E-state index contributed by atoms with van der Waals surface area (Å²) in [6.45, 7) is 4.33. The summed E-state index contributed by atoms with van der Waals surface area (Å²) in [5, 5.41) is 0. The summed E-state index contributed by atoms with van der Waals surface area (Å²) in [5.74, 6) is 2.40. The number of hydrogen-bond acceptors (Lipinski definition) is 7. The normalized spacial score (nSPS) is 18.2. The molecular formula is C14H24N6O. The van der Waals surface area contributed by atoms with Crippen LogP contribution in [0.15, 0.2) is 0 Å². The van der Waals surface area contributed by atoms with Crippen LogP contribution in [-0.4, -0.2) is 54.8 Å². The topological polar surface area (TPSA) is 80.4 Å². The molecule has 1 aromatic rings. The Kier molecular flexibility index (Phi) is 4.38. The molecule has 0 amide bonds. The molecule has 1 saturated carbocycles. The lowest BCUT2D eigenvalue weighted by atomic mass is 10.4. The van der Waals surface area contributed by atoms with Gasteiger partial charge < -0.3 is 20.3 Å². The quantitative estimate of drug-likeness (QED) is 0.748. The standard InChI is InChI=1S/C14H24N6O/c1-19(8-9-21-10-11-4-5-11)13-16-12(15)17-14(18-13)20-6-2-3-7-20/h11H,2-10H2,1H3,(H2,15,16,17,18). The van der Waals surface area contributed by atoms with Gasteiger partial charge in [0.05, 0.1) is 6.61 Å². The first kappa shape index (κ1) is 14.3. The van der Waals surface area contributed by atoms with E-state index in [1.165, 1.54) is 25.7 Å². The van der Waals surface area contributed by atoms with Crippen LogP contribution in [0.3, 0.4) is 0 Å². The van der Waals surface area contributed by atoms with E-state index in [1.807, 2.05) is 11.9 Å². The predicted molar refractivity (Wildman–Crippen MR) is 82.5 cm³/mol. The monoisotopic (exact) mass is 292 g/mol. The van der Waals surface area contributed by atoms with Crippen LogP contribution in [0.25, 0.3) is 0 Å². The van der Waals surface area contributed by atoms with Gasteiger partial charge in [0.15, 0.2) is 0 Å². The van der Waals surface area contributed by atoms with Crippen molar-refractivity contribution in [3.05, 3.63) is 0 Å². The van der Waals surface area contributed by atoms with Crippen molar-refractivity contribution in [2.45, 2.75) is 25.7 Å². The maximum atomic E-state index is 5.82. The molecule has 0 atom stereocenters. The first-order chi connectivity index (χ1) is 10.2. The Bertz CT molecular complexity index is 473. The summed E-state index contributed by atoms with van der Waals surface area (Å²) < 4.78 is 5.66. The molecule has 3 rings (SSSR count). The highest BCUT2D eigenvalue weighted by Gasteiger charge is 2.21. The first-order valence-electron chi connectivity index (χ1n) is 7.78. The third-order valence-corrected chi connectivity index (χ3v) is 3.98. The van der Waals surface area contributed by atoms with Crippen LogP contribution >= 0.6 is 0 Å². The molecule has 2 N–H and O–H groups in total. The van der Waals surface area contributed by atoms with Crippen LogP contribution in [0.5, 0.6) is 0 Å². The van der Waals surface area contributed by atoms with E-state index in [1.54, 1.807) is 0 Å². The Labute approximate surface area is 125 Å². The molecule has 21 heavy (non-hydrogen) atoms. The second kappa shape index (κ2) is 6.43. The molecule has 116 valence electrons. The van der Waals surface area contributed by atoms with Gasteiger partial charge in [-0.05, 0) is 31.6 Å². The molecule has 1 aliphatic heterocycles. The van der Waals surface area contributed by atoms with Crippen LogP contribution in [0.2, 0.25) is 0 Å².